The maximum absolute atomic E-state index is 13.2. The number of nitrogens with one attached hydrogen (secondary N) is 3. The van der Waals surface area contributed by atoms with Gasteiger partial charge in [0.05, 0.1) is 12.1 Å². The number of hydrogen-bond donors (Lipinski definition) is 9. The predicted octanol–water partition coefficient (Wildman–Crippen LogP) is -2.54. The van der Waals surface area contributed by atoms with Crippen LogP contribution in [0.4, 0.5) is 0 Å². The molecule has 0 saturated heterocycles. The zero-order valence-corrected chi connectivity index (χ0v) is 20.9. The van der Waals surface area contributed by atoms with E-state index in [4.69, 9.17) is 17.2 Å². The standard InChI is InChI=1S/C22H35N7O6S/c1-12(30)17(21(34)35)29-20(33)16(10-13-6-3-2-4-7-13)28-19(32)15(8-5-9-26-22(24)25)27-18(31)14(23)11-36/h2-4,6-7,12,14-17,30,36H,5,8-11,23H2,1H3,(H,27,31)(H,28,32)(H,29,33)(H,34,35)(H4,24,25,26). The number of aliphatic carboxylic acids is 1. The van der Waals surface area contributed by atoms with E-state index in [1.54, 1.807) is 30.3 Å². The van der Waals surface area contributed by atoms with Crippen LogP contribution in [0.5, 0.6) is 0 Å². The molecule has 36 heavy (non-hydrogen) atoms. The lowest BCUT2D eigenvalue weighted by Gasteiger charge is -2.26. The highest BCUT2D eigenvalue weighted by Crippen LogP contribution is 2.07. The van der Waals surface area contributed by atoms with E-state index in [1.807, 2.05) is 0 Å². The molecule has 11 N–H and O–H groups in total. The second kappa shape index (κ2) is 15.6. The van der Waals surface area contributed by atoms with Crippen molar-refractivity contribution in [2.75, 3.05) is 12.3 Å². The molecule has 13 nitrogen and oxygen atoms in total. The Morgan fingerprint density at radius 2 is 1.58 bits per heavy atom. The van der Waals surface area contributed by atoms with Crippen molar-refractivity contribution in [1.82, 2.24) is 16.0 Å². The van der Waals surface area contributed by atoms with Gasteiger partial charge >= 0.3 is 5.97 Å². The lowest BCUT2D eigenvalue weighted by Crippen LogP contribution is -2.58. The van der Waals surface area contributed by atoms with Gasteiger partial charge in [-0.3, -0.25) is 19.4 Å². The summed E-state index contributed by atoms with van der Waals surface area (Å²) < 4.78 is 0. The minimum absolute atomic E-state index is 0.0232. The molecule has 0 heterocycles. The van der Waals surface area contributed by atoms with Gasteiger partial charge in [0.15, 0.2) is 12.0 Å². The average molecular weight is 526 g/mol. The average Bonchev–Trinajstić information content (AvgIpc) is 2.82. The second-order valence-electron chi connectivity index (χ2n) is 8.12. The first kappa shape index (κ1) is 30.7. The summed E-state index contributed by atoms with van der Waals surface area (Å²) in [5.74, 6) is -3.64. The van der Waals surface area contributed by atoms with Crippen LogP contribution in [0.3, 0.4) is 0 Å². The maximum atomic E-state index is 13.2. The number of aliphatic hydroxyl groups is 1. The maximum Gasteiger partial charge on any atom is 0.328 e. The first-order chi connectivity index (χ1) is 17.0. The number of thiol groups is 1. The first-order valence-electron chi connectivity index (χ1n) is 11.2. The number of carbonyl (C=O) groups excluding carboxylic acids is 3. The number of carboxylic acid groups (broad SMARTS) is 1. The fourth-order valence-electron chi connectivity index (χ4n) is 3.11. The Labute approximate surface area is 214 Å². The molecular formula is C22H35N7O6S. The molecule has 0 aliphatic carbocycles. The zero-order chi connectivity index (χ0) is 27.3. The third-order valence-corrected chi connectivity index (χ3v) is 5.47. The topological polar surface area (TPSA) is 235 Å². The van der Waals surface area contributed by atoms with Gasteiger partial charge < -0.3 is 43.4 Å². The van der Waals surface area contributed by atoms with Gasteiger partial charge in [0.2, 0.25) is 17.7 Å². The van der Waals surface area contributed by atoms with Crippen LogP contribution in [0.25, 0.3) is 0 Å². The number of carboxylic acids is 1. The lowest BCUT2D eigenvalue weighted by atomic mass is 10.0. The highest BCUT2D eigenvalue weighted by Gasteiger charge is 2.31. The molecular weight excluding hydrogens is 490 g/mol. The number of benzene rings is 1. The molecule has 0 radical (unpaired) electrons. The first-order valence-corrected chi connectivity index (χ1v) is 11.9. The van der Waals surface area contributed by atoms with Crippen LogP contribution >= 0.6 is 12.6 Å². The molecule has 5 atom stereocenters. The van der Waals surface area contributed by atoms with Crippen LogP contribution in [0.2, 0.25) is 0 Å². The molecule has 0 spiro atoms. The van der Waals surface area contributed by atoms with E-state index in [2.05, 4.69) is 33.6 Å². The van der Waals surface area contributed by atoms with Crippen molar-refractivity contribution in [2.24, 2.45) is 22.2 Å². The predicted molar refractivity (Wildman–Crippen MR) is 137 cm³/mol. The molecule has 1 rings (SSSR count). The third-order valence-electron chi connectivity index (χ3n) is 5.07. The number of hydrogen-bond acceptors (Lipinski definition) is 8. The highest BCUT2D eigenvalue weighted by molar-refractivity contribution is 7.80. The van der Waals surface area contributed by atoms with Gasteiger partial charge in [-0.25, -0.2) is 4.79 Å². The van der Waals surface area contributed by atoms with E-state index in [-0.39, 0.29) is 31.1 Å². The highest BCUT2D eigenvalue weighted by atomic mass is 32.1. The second-order valence-corrected chi connectivity index (χ2v) is 8.48. The molecule has 1 aromatic carbocycles. The van der Waals surface area contributed by atoms with E-state index in [0.29, 0.717) is 12.0 Å². The summed E-state index contributed by atoms with van der Waals surface area (Å²) >= 11 is 3.99. The van der Waals surface area contributed by atoms with E-state index in [0.717, 1.165) is 0 Å². The van der Waals surface area contributed by atoms with Gasteiger partial charge in [0.1, 0.15) is 12.1 Å². The van der Waals surface area contributed by atoms with Crippen molar-refractivity contribution >= 4 is 42.3 Å². The van der Waals surface area contributed by atoms with Gasteiger partial charge in [-0.2, -0.15) is 12.6 Å². The van der Waals surface area contributed by atoms with Crippen LogP contribution < -0.4 is 33.2 Å². The zero-order valence-electron chi connectivity index (χ0n) is 20.0. The Morgan fingerprint density at radius 1 is 1.00 bits per heavy atom. The summed E-state index contributed by atoms with van der Waals surface area (Å²) in [5, 5.41) is 26.4. The summed E-state index contributed by atoms with van der Waals surface area (Å²) in [4.78, 5) is 53.7. The summed E-state index contributed by atoms with van der Waals surface area (Å²) in [5.41, 5.74) is 17.0. The Morgan fingerprint density at radius 3 is 2.11 bits per heavy atom. The van der Waals surface area contributed by atoms with Gasteiger partial charge in [-0.15, -0.1) is 0 Å². The smallest absolute Gasteiger partial charge is 0.328 e. The number of rotatable bonds is 15. The molecule has 3 amide bonds. The Bertz CT molecular complexity index is 911. The normalized spacial score (nSPS) is 14.9. The molecule has 200 valence electrons. The van der Waals surface area contributed by atoms with Crippen molar-refractivity contribution in [1.29, 1.82) is 0 Å². The molecule has 0 fully saturated rings. The van der Waals surface area contributed by atoms with E-state index in [1.165, 1.54) is 6.92 Å². The van der Waals surface area contributed by atoms with Gasteiger partial charge in [-0.05, 0) is 25.3 Å². The Kier molecular flexibility index (Phi) is 13.3. The van der Waals surface area contributed by atoms with Crippen LogP contribution in [-0.4, -0.2) is 82.4 Å². The Hall–Kier alpha value is -3.36. The molecule has 0 aromatic heterocycles. The van der Waals surface area contributed by atoms with Gasteiger partial charge in [0, 0.05) is 18.7 Å². The largest absolute Gasteiger partial charge is 0.480 e. The molecule has 5 unspecified atom stereocenters. The number of carbonyl (C=O) groups is 4. The van der Waals surface area contributed by atoms with Crippen LogP contribution in [-0.2, 0) is 25.6 Å². The van der Waals surface area contributed by atoms with Crippen LogP contribution in [0.15, 0.2) is 35.3 Å². The SMILES string of the molecule is CC(O)C(NC(=O)C(Cc1ccccc1)NC(=O)C(CCCN=C(N)N)NC(=O)C(N)CS)C(=O)O. The summed E-state index contributed by atoms with van der Waals surface area (Å²) in [7, 11) is 0. The number of aliphatic hydroxyl groups excluding tert-OH is 1. The third kappa shape index (κ3) is 10.9. The van der Waals surface area contributed by atoms with Crippen molar-refractivity contribution in [3.05, 3.63) is 35.9 Å². The number of aliphatic imine (C=N–C) groups is 1. The minimum atomic E-state index is -1.59. The van der Waals surface area contributed by atoms with Crippen molar-refractivity contribution in [3.8, 4) is 0 Å². The quantitative estimate of drug-likeness (QED) is 0.0507. The van der Waals surface area contributed by atoms with E-state index < -0.39 is 54.0 Å². The molecule has 1 aromatic rings. The fraction of sp³-hybridized carbons (Fsp3) is 0.500. The number of nitrogens with two attached hydrogens (primary N) is 3. The number of nitrogens with zero attached hydrogens (tertiary/aromatic N) is 1. The summed E-state index contributed by atoms with van der Waals surface area (Å²) in [6.07, 6.45) is -0.913. The van der Waals surface area contributed by atoms with Crippen LogP contribution in [0, 0.1) is 0 Å². The molecule has 0 aliphatic heterocycles. The van der Waals surface area contributed by atoms with Gasteiger partial charge in [-0.1, -0.05) is 30.3 Å². The monoisotopic (exact) mass is 525 g/mol. The van der Waals surface area contributed by atoms with E-state index >= 15 is 0 Å². The molecule has 0 aliphatic rings. The van der Waals surface area contributed by atoms with Crippen molar-refractivity contribution in [2.45, 2.75) is 56.5 Å². The number of amides is 3. The number of guanidine groups is 1. The fourth-order valence-corrected chi connectivity index (χ4v) is 3.27. The van der Waals surface area contributed by atoms with Crippen molar-refractivity contribution < 1.29 is 29.4 Å². The molecule has 0 saturated carbocycles. The van der Waals surface area contributed by atoms with Crippen LogP contribution in [0.1, 0.15) is 25.3 Å². The molecule has 14 heteroatoms. The van der Waals surface area contributed by atoms with Gasteiger partial charge in [0.25, 0.3) is 0 Å². The molecule has 0 bridgehead atoms. The Balaban J connectivity index is 3.12. The summed E-state index contributed by atoms with van der Waals surface area (Å²) in [6.45, 7) is 1.42. The van der Waals surface area contributed by atoms with Crippen molar-refractivity contribution in [3.63, 3.8) is 0 Å². The minimum Gasteiger partial charge on any atom is -0.480 e. The van der Waals surface area contributed by atoms with E-state index in [9.17, 15) is 29.4 Å². The lowest BCUT2D eigenvalue weighted by molar-refractivity contribution is -0.145. The summed E-state index contributed by atoms with van der Waals surface area (Å²) in [6, 6.07) is 3.88.